The third-order valence-electron chi connectivity index (χ3n) is 3.28. The van der Waals surface area contributed by atoms with Crippen LogP contribution in [0.1, 0.15) is 11.5 Å². The van der Waals surface area contributed by atoms with Gasteiger partial charge in [0.15, 0.2) is 17.1 Å². The third-order valence-corrected chi connectivity index (χ3v) is 3.28. The van der Waals surface area contributed by atoms with E-state index in [-0.39, 0.29) is 0 Å². The van der Waals surface area contributed by atoms with E-state index in [0.717, 1.165) is 27.8 Å². The van der Waals surface area contributed by atoms with E-state index in [4.69, 9.17) is 8.83 Å². The van der Waals surface area contributed by atoms with Crippen LogP contribution in [-0.2, 0) is 0 Å². The summed E-state index contributed by atoms with van der Waals surface area (Å²) in [7, 11) is 0. The Labute approximate surface area is 115 Å². The van der Waals surface area contributed by atoms with E-state index in [1.54, 1.807) is 0 Å². The van der Waals surface area contributed by atoms with Crippen LogP contribution in [0, 0.1) is 13.8 Å². The van der Waals surface area contributed by atoms with E-state index in [1.165, 1.54) is 5.56 Å². The monoisotopic (exact) mass is 264 g/mol. The zero-order valence-corrected chi connectivity index (χ0v) is 11.2. The van der Waals surface area contributed by atoms with Gasteiger partial charge >= 0.3 is 0 Å². The van der Waals surface area contributed by atoms with Crippen LogP contribution in [0.2, 0.25) is 0 Å². The summed E-state index contributed by atoms with van der Waals surface area (Å²) in [6.07, 6.45) is 0. The standard InChI is InChI=1S/C16H12N2O2/c1-9-3-5-15-12(7-9)18-16(20-15)11-4-6-14-13(8-11)17-10(2)19-14/h3-8H,1-2H3. The number of rotatable bonds is 1. The highest BCUT2D eigenvalue weighted by Gasteiger charge is 2.10. The predicted octanol–water partition coefficient (Wildman–Crippen LogP) is 4.25. The van der Waals surface area contributed by atoms with Crippen LogP contribution in [0.5, 0.6) is 0 Å². The van der Waals surface area contributed by atoms with Crippen molar-refractivity contribution in [2.45, 2.75) is 13.8 Å². The SMILES string of the molecule is Cc1ccc2oc(-c3ccc4oc(C)nc4c3)nc2c1. The molecule has 0 radical (unpaired) electrons. The lowest BCUT2D eigenvalue weighted by Crippen LogP contribution is -1.77. The second-order valence-corrected chi connectivity index (χ2v) is 4.91. The van der Waals surface area contributed by atoms with Gasteiger partial charge in [-0.3, -0.25) is 0 Å². The van der Waals surface area contributed by atoms with Gasteiger partial charge in [0.25, 0.3) is 0 Å². The lowest BCUT2D eigenvalue weighted by atomic mass is 10.2. The van der Waals surface area contributed by atoms with Crippen molar-refractivity contribution in [2.24, 2.45) is 0 Å². The van der Waals surface area contributed by atoms with Crippen molar-refractivity contribution in [3.8, 4) is 11.5 Å². The number of benzene rings is 2. The summed E-state index contributed by atoms with van der Waals surface area (Å²) >= 11 is 0. The Bertz CT molecular complexity index is 934. The molecular formula is C16H12N2O2. The molecule has 0 saturated carbocycles. The van der Waals surface area contributed by atoms with Crippen molar-refractivity contribution in [1.82, 2.24) is 9.97 Å². The first-order chi connectivity index (χ1) is 9.69. The minimum atomic E-state index is 0.605. The normalized spacial score (nSPS) is 11.5. The first-order valence-corrected chi connectivity index (χ1v) is 6.44. The number of fused-ring (bicyclic) bond motifs is 2. The van der Waals surface area contributed by atoms with Gasteiger partial charge in [-0.05, 0) is 42.8 Å². The zero-order chi connectivity index (χ0) is 13.7. The minimum absolute atomic E-state index is 0.605. The molecule has 0 aliphatic heterocycles. The van der Waals surface area contributed by atoms with E-state index in [9.17, 15) is 0 Å². The molecule has 0 unspecified atom stereocenters. The van der Waals surface area contributed by atoms with E-state index in [0.29, 0.717) is 11.8 Å². The fourth-order valence-electron chi connectivity index (χ4n) is 2.34. The summed E-state index contributed by atoms with van der Waals surface area (Å²) in [6.45, 7) is 3.87. The summed E-state index contributed by atoms with van der Waals surface area (Å²) in [5.74, 6) is 1.26. The number of aromatic nitrogens is 2. The first kappa shape index (κ1) is 11.2. The average Bonchev–Trinajstić information content (AvgIpc) is 2.99. The zero-order valence-electron chi connectivity index (χ0n) is 11.2. The first-order valence-electron chi connectivity index (χ1n) is 6.44. The van der Waals surface area contributed by atoms with Gasteiger partial charge in [-0.1, -0.05) is 6.07 Å². The molecule has 0 bridgehead atoms. The summed E-state index contributed by atoms with van der Waals surface area (Å²) in [4.78, 5) is 8.86. The van der Waals surface area contributed by atoms with E-state index >= 15 is 0 Å². The molecule has 0 saturated heterocycles. The number of oxazole rings is 2. The summed E-state index contributed by atoms with van der Waals surface area (Å²) in [5, 5.41) is 0. The molecule has 2 aromatic carbocycles. The fourth-order valence-corrected chi connectivity index (χ4v) is 2.34. The van der Waals surface area contributed by atoms with Crippen LogP contribution >= 0.6 is 0 Å². The van der Waals surface area contributed by atoms with Crippen LogP contribution in [0.3, 0.4) is 0 Å². The molecular weight excluding hydrogens is 252 g/mol. The van der Waals surface area contributed by atoms with Crippen molar-refractivity contribution in [2.75, 3.05) is 0 Å². The number of hydrogen-bond donors (Lipinski definition) is 0. The Morgan fingerprint density at radius 1 is 0.800 bits per heavy atom. The van der Waals surface area contributed by atoms with Gasteiger partial charge in [0.1, 0.15) is 11.0 Å². The van der Waals surface area contributed by atoms with Crippen molar-refractivity contribution in [1.29, 1.82) is 0 Å². The molecule has 4 aromatic rings. The van der Waals surface area contributed by atoms with E-state index in [2.05, 4.69) is 9.97 Å². The Balaban J connectivity index is 1.90. The molecule has 0 aliphatic rings. The van der Waals surface area contributed by atoms with Gasteiger partial charge in [0.2, 0.25) is 5.89 Å². The maximum Gasteiger partial charge on any atom is 0.227 e. The highest BCUT2D eigenvalue weighted by atomic mass is 16.4. The molecule has 2 aromatic heterocycles. The predicted molar refractivity (Wildman–Crippen MR) is 76.5 cm³/mol. The van der Waals surface area contributed by atoms with Crippen LogP contribution in [0.4, 0.5) is 0 Å². The molecule has 4 rings (SSSR count). The Morgan fingerprint density at radius 2 is 1.55 bits per heavy atom. The molecule has 0 fully saturated rings. The molecule has 98 valence electrons. The van der Waals surface area contributed by atoms with Crippen molar-refractivity contribution >= 4 is 22.2 Å². The van der Waals surface area contributed by atoms with E-state index in [1.807, 2.05) is 50.2 Å². The molecule has 4 nitrogen and oxygen atoms in total. The quantitative estimate of drug-likeness (QED) is 0.515. The molecule has 0 atom stereocenters. The molecule has 4 heteroatoms. The Morgan fingerprint density at radius 3 is 2.45 bits per heavy atom. The highest BCUT2D eigenvalue weighted by molar-refractivity contribution is 5.81. The second kappa shape index (κ2) is 3.93. The molecule has 0 aliphatic carbocycles. The van der Waals surface area contributed by atoms with Crippen LogP contribution < -0.4 is 0 Å². The highest BCUT2D eigenvalue weighted by Crippen LogP contribution is 2.27. The van der Waals surface area contributed by atoms with Gasteiger partial charge in [0.05, 0.1) is 0 Å². The van der Waals surface area contributed by atoms with E-state index < -0.39 is 0 Å². The summed E-state index contributed by atoms with van der Waals surface area (Å²) in [5.41, 5.74) is 5.33. The minimum Gasteiger partial charge on any atom is -0.441 e. The molecule has 2 heterocycles. The topological polar surface area (TPSA) is 52.1 Å². The van der Waals surface area contributed by atoms with Gasteiger partial charge in [-0.2, -0.15) is 0 Å². The Kier molecular flexibility index (Phi) is 2.21. The molecule has 0 spiro atoms. The lowest BCUT2D eigenvalue weighted by Gasteiger charge is -1.93. The summed E-state index contributed by atoms with van der Waals surface area (Å²) < 4.78 is 11.3. The van der Waals surface area contributed by atoms with Crippen molar-refractivity contribution in [3.05, 3.63) is 47.9 Å². The average molecular weight is 264 g/mol. The second-order valence-electron chi connectivity index (χ2n) is 4.91. The lowest BCUT2D eigenvalue weighted by molar-refractivity contribution is 0.561. The third kappa shape index (κ3) is 1.69. The number of hydrogen-bond acceptors (Lipinski definition) is 4. The van der Waals surface area contributed by atoms with Crippen molar-refractivity contribution in [3.63, 3.8) is 0 Å². The van der Waals surface area contributed by atoms with Crippen LogP contribution in [0.25, 0.3) is 33.7 Å². The maximum atomic E-state index is 5.80. The number of aryl methyl sites for hydroxylation is 2. The van der Waals surface area contributed by atoms with Crippen LogP contribution in [-0.4, -0.2) is 9.97 Å². The fraction of sp³-hybridized carbons (Fsp3) is 0.125. The van der Waals surface area contributed by atoms with Gasteiger partial charge in [-0.25, -0.2) is 9.97 Å². The van der Waals surface area contributed by atoms with Gasteiger partial charge in [-0.15, -0.1) is 0 Å². The van der Waals surface area contributed by atoms with Gasteiger partial charge in [0, 0.05) is 12.5 Å². The number of nitrogens with zero attached hydrogens (tertiary/aromatic N) is 2. The summed E-state index contributed by atoms with van der Waals surface area (Å²) in [6, 6.07) is 11.7. The smallest absolute Gasteiger partial charge is 0.227 e. The Hall–Kier alpha value is -2.62. The molecule has 0 amide bonds. The van der Waals surface area contributed by atoms with Gasteiger partial charge < -0.3 is 8.83 Å². The molecule has 20 heavy (non-hydrogen) atoms. The van der Waals surface area contributed by atoms with Crippen molar-refractivity contribution < 1.29 is 8.83 Å². The van der Waals surface area contributed by atoms with Crippen LogP contribution in [0.15, 0.2) is 45.2 Å². The maximum absolute atomic E-state index is 5.80. The largest absolute Gasteiger partial charge is 0.441 e. The molecule has 0 N–H and O–H groups in total.